The van der Waals surface area contributed by atoms with Gasteiger partial charge in [-0.1, -0.05) is 18.2 Å². The summed E-state index contributed by atoms with van der Waals surface area (Å²) in [5.74, 6) is -0.870. The molecule has 0 saturated carbocycles. The molecular formula is C17H16N2O3S. The van der Waals surface area contributed by atoms with Crippen LogP contribution in [0.2, 0.25) is 0 Å². The Morgan fingerprint density at radius 1 is 1.35 bits per heavy atom. The molecule has 3 rings (SSSR count). The van der Waals surface area contributed by atoms with Crippen LogP contribution in [0.15, 0.2) is 41.9 Å². The standard InChI is InChI=1S/C17H16N2O3S/c1-10(12-9-23-14-6-4-3-5-11(12)14)19-13-7-8-18-15(16(13)20)17(21)22-2/h3-10,20H,1-2H3,(H,18,19)/t10-/m0/s1. The molecule has 0 unspecified atom stereocenters. The molecule has 0 radical (unpaired) electrons. The number of fused-ring (bicyclic) bond motifs is 1. The van der Waals surface area contributed by atoms with Crippen molar-refractivity contribution in [2.24, 2.45) is 0 Å². The maximum Gasteiger partial charge on any atom is 0.360 e. The van der Waals surface area contributed by atoms with Crippen LogP contribution in [0.25, 0.3) is 10.1 Å². The van der Waals surface area contributed by atoms with Crippen LogP contribution in [0.5, 0.6) is 5.75 Å². The van der Waals surface area contributed by atoms with Gasteiger partial charge in [-0.15, -0.1) is 11.3 Å². The molecule has 2 heterocycles. The Balaban J connectivity index is 1.91. The van der Waals surface area contributed by atoms with E-state index in [2.05, 4.69) is 32.6 Å². The number of carbonyl (C=O) groups is 1. The summed E-state index contributed by atoms with van der Waals surface area (Å²) in [7, 11) is 1.25. The van der Waals surface area contributed by atoms with E-state index < -0.39 is 5.97 Å². The highest BCUT2D eigenvalue weighted by Crippen LogP contribution is 2.34. The van der Waals surface area contributed by atoms with Gasteiger partial charge in [0.05, 0.1) is 18.8 Å². The first-order valence-corrected chi connectivity index (χ1v) is 7.98. The number of hydrogen-bond acceptors (Lipinski definition) is 6. The van der Waals surface area contributed by atoms with E-state index in [1.165, 1.54) is 23.4 Å². The lowest BCUT2D eigenvalue weighted by molar-refractivity contribution is 0.0590. The first-order valence-electron chi connectivity index (χ1n) is 7.10. The minimum atomic E-state index is -0.667. The summed E-state index contributed by atoms with van der Waals surface area (Å²) in [5, 5.41) is 16.7. The SMILES string of the molecule is COC(=O)c1nccc(N[C@@H](C)c2csc3ccccc23)c1O. The molecule has 0 saturated heterocycles. The number of nitrogens with one attached hydrogen (secondary N) is 1. The summed E-state index contributed by atoms with van der Waals surface area (Å²) in [6, 6.07) is 9.77. The number of ether oxygens (including phenoxy) is 1. The summed E-state index contributed by atoms with van der Waals surface area (Å²) in [4.78, 5) is 15.5. The van der Waals surface area contributed by atoms with Crippen molar-refractivity contribution in [2.45, 2.75) is 13.0 Å². The number of carbonyl (C=O) groups excluding carboxylic acids is 1. The van der Waals surface area contributed by atoms with Gasteiger partial charge in [0.15, 0.2) is 11.4 Å². The van der Waals surface area contributed by atoms with Gasteiger partial charge in [0.25, 0.3) is 0 Å². The maximum atomic E-state index is 11.6. The number of esters is 1. The predicted molar refractivity (Wildman–Crippen MR) is 91.1 cm³/mol. The number of thiophene rings is 1. The number of nitrogens with zero attached hydrogens (tertiary/aromatic N) is 1. The Kier molecular flexibility index (Phi) is 4.16. The van der Waals surface area contributed by atoms with Crippen molar-refractivity contribution in [3.05, 3.63) is 53.2 Å². The molecule has 5 nitrogen and oxygen atoms in total. The number of aromatic hydroxyl groups is 1. The third-order valence-electron chi connectivity index (χ3n) is 3.65. The van der Waals surface area contributed by atoms with E-state index in [4.69, 9.17) is 0 Å². The third kappa shape index (κ3) is 2.85. The van der Waals surface area contributed by atoms with Gasteiger partial charge >= 0.3 is 5.97 Å². The van der Waals surface area contributed by atoms with Gasteiger partial charge in [0, 0.05) is 10.9 Å². The monoisotopic (exact) mass is 328 g/mol. The second-order valence-electron chi connectivity index (χ2n) is 5.10. The topological polar surface area (TPSA) is 71.5 Å². The number of anilines is 1. The van der Waals surface area contributed by atoms with Crippen LogP contribution in [0.1, 0.15) is 29.0 Å². The number of benzene rings is 1. The molecule has 118 valence electrons. The molecule has 0 spiro atoms. The molecule has 0 amide bonds. The zero-order chi connectivity index (χ0) is 16.4. The molecule has 0 aliphatic heterocycles. The van der Waals surface area contributed by atoms with Crippen molar-refractivity contribution < 1.29 is 14.6 Å². The predicted octanol–water partition coefficient (Wildman–Crippen LogP) is 3.96. The molecule has 0 bridgehead atoms. The smallest absolute Gasteiger partial charge is 0.360 e. The summed E-state index contributed by atoms with van der Waals surface area (Å²) in [6.07, 6.45) is 1.47. The van der Waals surface area contributed by atoms with Gasteiger partial charge < -0.3 is 15.2 Å². The number of pyridine rings is 1. The lowest BCUT2D eigenvalue weighted by atomic mass is 10.1. The first kappa shape index (κ1) is 15.3. The van der Waals surface area contributed by atoms with Crippen molar-refractivity contribution in [3.63, 3.8) is 0 Å². The highest BCUT2D eigenvalue weighted by Gasteiger charge is 2.18. The quantitative estimate of drug-likeness (QED) is 0.709. The molecule has 6 heteroatoms. The van der Waals surface area contributed by atoms with Gasteiger partial charge in [0.2, 0.25) is 0 Å². The van der Waals surface area contributed by atoms with E-state index in [1.807, 2.05) is 19.1 Å². The van der Waals surface area contributed by atoms with E-state index in [9.17, 15) is 9.90 Å². The summed E-state index contributed by atoms with van der Waals surface area (Å²) < 4.78 is 5.83. The number of methoxy groups -OCH3 is 1. The fraction of sp³-hybridized carbons (Fsp3) is 0.176. The molecule has 0 aliphatic rings. The van der Waals surface area contributed by atoms with Crippen LogP contribution in [0.4, 0.5) is 5.69 Å². The Hall–Kier alpha value is -2.60. The zero-order valence-electron chi connectivity index (χ0n) is 12.7. The van der Waals surface area contributed by atoms with Gasteiger partial charge in [-0.3, -0.25) is 0 Å². The molecule has 0 fully saturated rings. The molecular weight excluding hydrogens is 312 g/mol. The van der Waals surface area contributed by atoms with E-state index in [0.717, 1.165) is 5.56 Å². The number of rotatable bonds is 4. The van der Waals surface area contributed by atoms with Crippen LogP contribution in [-0.2, 0) is 4.74 Å². The fourth-order valence-electron chi connectivity index (χ4n) is 2.46. The highest BCUT2D eigenvalue weighted by molar-refractivity contribution is 7.17. The molecule has 2 aromatic heterocycles. The molecule has 3 aromatic rings. The number of aromatic nitrogens is 1. The Labute approximate surface area is 137 Å². The van der Waals surface area contributed by atoms with Crippen molar-refractivity contribution in [1.82, 2.24) is 4.98 Å². The minimum absolute atomic E-state index is 0.0371. The molecule has 0 aliphatic carbocycles. The summed E-state index contributed by atoms with van der Waals surface area (Å²) in [6.45, 7) is 2.01. The van der Waals surface area contributed by atoms with Crippen LogP contribution in [0, 0.1) is 0 Å². The average Bonchev–Trinajstić information content (AvgIpc) is 3.00. The van der Waals surface area contributed by atoms with E-state index in [1.54, 1.807) is 17.4 Å². The van der Waals surface area contributed by atoms with Crippen LogP contribution in [-0.4, -0.2) is 23.2 Å². The van der Waals surface area contributed by atoms with Gasteiger partial charge in [-0.2, -0.15) is 0 Å². The van der Waals surface area contributed by atoms with E-state index >= 15 is 0 Å². The Morgan fingerprint density at radius 2 is 2.13 bits per heavy atom. The van der Waals surface area contributed by atoms with Crippen molar-refractivity contribution in [1.29, 1.82) is 0 Å². The average molecular weight is 328 g/mol. The van der Waals surface area contributed by atoms with Crippen LogP contribution >= 0.6 is 11.3 Å². The minimum Gasteiger partial charge on any atom is -0.504 e. The zero-order valence-corrected chi connectivity index (χ0v) is 13.6. The van der Waals surface area contributed by atoms with Crippen LogP contribution in [0.3, 0.4) is 0 Å². The molecule has 2 N–H and O–H groups in total. The second-order valence-corrected chi connectivity index (χ2v) is 6.01. The third-order valence-corrected chi connectivity index (χ3v) is 4.63. The molecule has 1 aromatic carbocycles. The fourth-order valence-corrected chi connectivity index (χ4v) is 3.52. The molecule has 23 heavy (non-hydrogen) atoms. The Bertz CT molecular complexity index is 860. The van der Waals surface area contributed by atoms with Crippen molar-refractivity contribution in [3.8, 4) is 5.75 Å². The second kappa shape index (κ2) is 6.26. The van der Waals surface area contributed by atoms with E-state index in [0.29, 0.717) is 5.69 Å². The van der Waals surface area contributed by atoms with Crippen LogP contribution < -0.4 is 5.32 Å². The summed E-state index contributed by atoms with van der Waals surface area (Å²) >= 11 is 1.68. The number of hydrogen-bond donors (Lipinski definition) is 2. The van der Waals surface area contributed by atoms with Crippen molar-refractivity contribution >= 4 is 33.1 Å². The lowest BCUT2D eigenvalue weighted by Crippen LogP contribution is -2.09. The normalized spacial score (nSPS) is 12.1. The van der Waals surface area contributed by atoms with Gasteiger partial charge in [0.1, 0.15) is 0 Å². The lowest BCUT2D eigenvalue weighted by Gasteiger charge is -2.16. The van der Waals surface area contributed by atoms with Crippen molar-refractivity contribution in [2.75, 3.05) is 12.4 Å². The Morgan fingerprint density at radius 3 is 2.91 bits per heavy atom. The highest BCUT2D eigenvalue weighted by atomic mass is 32.1. The molecule has 1 atom stereocenters. The van der Waals surface area contributed by atoms with Gasteiger partial charge in [-0.05, 0) is 35.4 Å². The first-order chi connectivity index (χ1) is 11.1. The summed E-state index contributed by atoms with van der Waals surface area (Å²) in [5.41, 5.74) is 1.49. The largest absolute Gasteiger partial charge is 0.504 e. The van der Waals surface area contributed by atoms with E-state index in [-0.39, 0.29) is 17.5 Å². The van der Waals surface area contributed by atoms with Gasteiger partial charge in [-0.25, -0.2) is 9.78 Å². The maximum absolute atomic E-state index is 11.6.